The molecular weight excluding hydrogens is 330 g/mol. The molecule has 26 heavy (non-hydrogen) atoms. The van der Waals surface area contributed by atoms with Crippen molar-refractivity contribution < 1.29 is 14.1 Å². The number of nitrogens with one attached hydrogen (secondary N) is 1. The third-order valence-electron chi connectivity index (χ3n) is 4.55. The van der Waals surface area contributed by atoms with Gasteiger partial charge in [-0.1, -0.05) is 47.6 Å². The van der Waals surface area contributed by atoms with E-state index in [1.165, 1.54) is 6.39 Å². The average molecular weight is 349 g/mol. The summed E-state index contributed by atoms with van der Waals surface area (Å²) in [5, 5.41) is 6.93. The topological polar surface area (TPSA) is 77.2 Å². The molecule has 6 heteroatoms. The van der Waals surface area contributed by atoms with Crippen LogP contribution >= 0.6 is 0 Å². The summed E-state index contributed by atoms with van der Waals surface area (Å²) >= 11 is 0. The van der Waals surface area contributed by atoms with E-state index in [0.717, 1.165) is 30.6 Å². The summed E-state index contributed by atoms with van der Waals surface area (Å²) in [6, 6.07) is 16.9. The van der Waals surface area contributed by atoms with Gasteiger partial charge in [0.15, 0.2) is 0 Å². The second kappa shape index (κ2) is 7.49. The van der Waals surface area contributed by atoms with Gasteiger partial charge in [-0.05, 0) is 30.5 Å². The second-order valence-corrected chi connectivity index (χ2v) is 6.25. The van der Waals surface area contributed by atoms with Crippen molar-refractivity contribution in [3.8, 4) is 11.4 Å². The number of carbonyl (C=O) groups is 1. The van der Waals surface area contributed by atoms with Crippen LogP contribution in [0.1, 0.15) is 34.8 Å². The Kier molecular flexibility index (Phi) is 4.75. The Morgan fingerprint density at radius 1 is 1.12 bits per heavy atom. The summed E-state index contributed by atoms with van der Waals surface area (Å²) in [6.45, 7) is 0.739. The van der Waals surface area contributed by atoms with Gasteiger partial charge in [0.25, 0.3) is 5.91 Å². The van der Waals surface area contributed by atoms with Crippen LogP contribution in [0.4, 0.5) is 0 Å². The maximum Gasteiger partial charge on any atom is 0.251 e. The molecule has 1 aliphatic heterocycles. The minimum absolute atomic E-state index is 0.0000430. The molecule has 2 aromatic carbocycles. The first-order chi connectivity index (χ1) is 12.8. The zero-order chi connectivity index (χ0) is 17.8. The lowest BCUT2D eigenvalue weighted by Gasteiger charge is -2.24. The van der Waals surface area contributed by atoms with E-state index >= 15 is 0 Å². The van der Waals surface area contributed by atoms with E-state index in [0.29, 0.717) is 11.4 Å². The summed E-state index contributed by atoms with van der Waals surface area (Å²) in [4.78, 5) is 16.8. The van der Waals surface area contributed by atoms with Crippen molar-refractivity contribution in [1.82, 2.24) is 15.5 Å². The molecule has 3 aromatic rings. The smallest absolute Gasteiger partial charge is 0.251 e. The highest BCUT2D eigenvalue weighted by Gasteiger charge is 2.28. The second-order valence-electron chi connectivity index (χ2n) is 6.25. The van der Waals surface area contributed by atoms with Gasteiger partial charge in [0.1, 0.15) is 0 Å². The van der Waals surface area contributed by atoms with E-state index in [-0.39, 0.29) is 18.1 Å². The fourth-order valence-electron chi connectivity index (χ4n) is 3.21. The van der Waals surface area contributed by atoms with Crippen molar-refractivity contribution in [1.29, 1.82) is 0 Å². The molecule has 6 nitrogen and oxygen atoms in total. The quantitative estimate of drug-likeness (QED) is 0.764. The molecule has 0 unspecified atom stereocenters. The van der Waals surface area contributed by atoms with E-state index < -0.39 is 0 Å². The van der Waals surface area contributed by atoms with Crippen LogP contribution in [0.3, 0.4) is 0 Å². The zero-order valence-corrected chi connectivity index (χ0v) is 14.2. The number of hydrogen-bond acceptors (Lipinski definition) is 5. The molecule has 0 aliphatic carbocycles. The molecule has 1 amide bonds. The number of aromatic nitrogens is 2. The fourth-order valence-corrected chi connectivity index (χ4v) is 3.21. The predicted molar refractivity (Wildman–Crippen MR) is 95.4 cm³/mol. The molecule has 2 heterocycles. The first kappa shape index (κ1) is 16.5. The lowest BCUT2D eigenvalue weighted by atomic mass is 9.98. The first-order valence-corrected chi connectivity index (χ1v) is 8.65. The van der Waals surface area contributed by atoms with Gasteiger partial charge >= 0.3 is 0 Å². The summed E-state index contributed by atoms with van der Waals surface area (Å²) < 4.78 is 10.6. The minimum atomic E-state index is -0.164. The predicted octanol–water partition coefficient (Wildman–Crippen LogP) is 3.39. The molecule has 1 fully saturated rings. The van der Waals surface area contributed by atoms with Gasteiger partial charge in [0.05, 0.1) is 12.1 Å². The van der Waals surface area contributed by atoms with Gasteiger partial charge in [0.2, 0.25) is 12.2 Å². The van der Waals surface area contributed by atoms with Gasteiger partial charge in [-0.15, -0.1) is 0 Å². The molecule has 1 aromatic heterocycles. The number of carbonyl (C=O) groups excluding carboxylic acids is 1. The van der Waals surface area contributed by atoms with Crippen LogP contribution in [-0.4, -0.2) is 28.8 Å². The summed E-state index contributed by atoms with van der Waals surface area (Å²) in [7, 11) is 0. The number of hydrogen-bond donors (Lipinski definition) is 1. The van der Waals surface area contributed by atoms with E-state index in [4.69, 9.17) is 9.26 Å². The van der Waals surface area contributed by atoms with Crippen molar-refractivity contribution in [2.75, 3.05) is 6.61 Å². The normalized spacial score (nSPS) is 17.8. The number of rotatable bonds is 5. The van der Waals surface area contributed by atoms with E-state index in [1.807, 2.05) is 42.5 Å². The van der Waals surface area contributed by atoms with Crippen molar-refractivity contribution in [2.24, 2.45) is 0 Å². The number of nitrogens with zero attached hydrogens (tertiary/aromatic N) is 2. The monoisotopic (exact) mass is 349 g/mol. The highest BCUT2D eigenvalue weighted by molar-refractivity contribution is 5.94. The van der Waals surface area contributed by atoms with Crippen LogP contribution in [0, 0.1) is 0 Å². The molecule has 1 aliphatic rings. The van der Waals surface area contributed by atoms with Gasteiger partial charge < -0.3 is 14.6 Å². The largest absolute Gasteiger partial charge is 0.376 e. The molecule has 2 atom stereocenters. The summed E-state index contributed by atoms with van der Waals surface area (Å²) in [5.74, 6) is 0.368. The minimum Gasteiger partial charge on any atom is -0.376 e. The van der Waals surface area contributed by atoms with E-state index in [1.54, 1.807) is 12.1 Å². The van der Waals surface area contributed by atoms with Crippen molar-refractivity contribution in [3.63, 3.8) is 0 Å². The molecular formula is C20H19N3O3. The van der Waals surface area contributed by atoms with E-state index in [9.17, 15) is 4.79 Å². The molecule has 1 saturated heterocycles. The van der Waals surface area contributed by atoms with Crippen LogP contribution in [0.15, 0.2) is 65.5 Å². The lowest BCUT2D eigenvalue weighted by Crippen LogP contribution is -2.36. The maximum absolute atomic E-state index is 12.8. The Balaban J connectivity index is 1.52. The molecule has 132 valence electrons. The Hall–Kier alpha value is -2.99. The van der Waals surface area contributed by atoms with Crippen LogP contribution in [0.2, 0.25) is 0 Å². The van der Waals surface area contributed by atoms with Gasteiger partial charge in [-0.3, -0.25) is 4.79 Å². The average Bonchev–Trinajstić information content (AvgIpc) is 3.41. The third-order valence-corrected chi connectivity index (χ3v) is 4.55. The molecule has 0 radical (unpaired) electrons. The Morgan fingerprint density at radius 3 is 2.58 bits per heavy atom. The number of amides is 1. The molecule has 4 rings (SSSR count). The molecule has 0 saturated carbocycles. The molecule has 0 spiro atoms. The SMILES string of the molecule is O=C(N[C@@H](c1ccccc1)[C@@H]1CCCO1)c1ccc(-c2ncon2)cc1. The highest BCUT2D eigenvalue weighted by atomic mass is 16.5. The maximum atomic E-state index is 12.8. The van der Waals surface area contributed by atoms with Crippen molar-refractivity contribution >= 4 is 5.91 Å². The van der Waals surface area contributed by atoms with E-state index in [2.05, 4.69) is 15.5 Å². The Morgan fingerprint density at radius 2 is 1.92 bits per heavy atom. The molecule has 1 N–H and O–H groups in total. The van der Waals surface area contributed by atoms with Gasteiger partial charge in [-0.2, -0.15) is 4.98 Å². The first-order valence-electron chi connectivity index (χ1n) is 8.65. The van der Waals surface area contributed by atoms with Crippen LogP contribution in [-0.2, 0) is 4.74 Å². The number of benzene rings is 2. The summed E-state index contributed by atoms with van der Waals surface area (Å²) in [6.07, 6.45) is 3.24. The fraction of sp³-hybridized carbons (Fsp3) is 0.250. The molecule has 0 bridgehead atoms. The van der Waals surface area contributed by atoms with Crippen LogP contribution in [0.25, 0.3) is 11.4 Å². The Labute approximate surface area is 151 Å². The summed E-state index contributed by atoms with van der Waals surface area (Å²) in [5.41, 5.74) is 2.43. The van der Waals surface area contributed by atoms with Crippen molar-refractivity contribution in [3.05, 3.63) is 72.1 Å². The van der Waals surface area contributed by atoms with Crippen molar-refractivity contribution in [2.45, 2.75) is 25.0 Å². The third kappa shape index (κ3) is 3.50. The standard InChI is InChI=1S/C20H19N3O3/c24-20(16-10-8-15(9-11-16)19-21-13-26-23-19)22-18(17-7-4-12-25-17)14-5-2-1-3-6-14/h1-3,5-6,8-11,13,17-18H,4,7,12H2,(H,22,24)/t17-,18-/m0/s1. The van der Waals surface area contributed by atoms with Gasteiger partial charge in [0, 0.05) is 17.7 Å². The van der Waals surface area contributed by atoms with Crippen LogP contribution < -0.4 is 5.32 Å². The van der Waals surface area contributed by atoms with Gasteiger partial charge in [-0.25, -0.2) is 0 Å². The van der Waals surface area contributed by atoms with Crippen LogP contribution in [0.5, 0.6) is 0 Å². The Bertz CT molecular complexity index is 842. The number of ether oxygens (including phenoxy) is 1. The lowest BCUT2D eigenvalue weighted by molar-refractivity contribution is 0.0672. The zero-order valence-electron chi connectivity index (χ0n) is 14.2. The highest BCUT2D eigenvalue weighted by Crippen LogP contribution is 2.27.